The summed E-state index contributed by atoms with van der Waals surface area (Å²) in [5, 5.41) is 11.2. The number of phosphoric ester groups is 2. The van der Waals surface area contributed by atoms with Crippen LogP contribution in [0, 0.1) is 0 Å². The molecule has 0 spiro atoms. The van der Waals surface area contributed by atoms with E-state index in [1.165, 1.54) is 29.2 Å². The van der Waals surface area contributed by atoms with Gasteiger partial charge in [0.15, 0.2) is 23.8 Å². The molecule has 8 N–H and O–H groups in total. The lowest BCUT2D eigenvalue weighted by Crippen LogP contribution is -2.39. The van der Waals surface area contributed by atoms with Gasteiger partial charge in [-0.1, -0.05) is 6.08 Å². The van der Waals surface area contributed by atoms with Crippen LogP contribution in [0.4, 0.5) is 11.6 Å². The maximum absolute atomic E-state index is 13.2. The maximum Gasteiger partial charge on any atom is 0.472 e. The third kappa shape index (κ3) is 8.91. The van der Waals surface area contributed by atoms with Gasteiger partial charge in [0.05, 0.1) is 26.1 Å². The van der Waals surface area contributed by atoms with Gasteiger partial charge < -0.3 is 50.2 Å². The number of nitrogen functional groups attached to an aromatic ring is 2. The fourth-order valence-electron chi connectivity index (χ4n) is 5.01. The number of esters is 1. The van der Waals surface area contributed by atoms with E-state index in [0.29, 0.717) is 0 Å². The fourth-order valence-corrected chi connectivity index (χ4v) is 6.31. The largest absolute Gasteiger partial charge is 0.472 e. The zero-order valence-corrected chi connectivity index (χ0v) is 27.0. The third-order valence-electron chi connectivity index (χ3n) is 7.11. The predicted octanol–water partition coefficient (Wildman–Crippen LogP) is -1.48. The van der Waals surface area contributed by atoms with E-state index < -0.39 is 90.1 Å². The van der Waals surface area contributed by atoms with Crippen molar-refractivity contribution >= 4 is 44.4 Å². The first-order chi connectivity index (χ1) is 23.2. The van der Waals surface area contributed by atoms with Crippen LogP contribution in [0.15, 0.2) is 42.4 Å². The summed E-state index contributed by atoms with van der Waals surface area (Å²) in [6.45, 7) is 1.35. The number of aliphatic hydroxyl groups is 1. The summed E-state index contributed by atoms with van der Waals surface area (Å²) in [6.07, 6.45) is -5.09. The number of aliphatic hydroxyl groups excluding tert-OH is 1. The SMILES string of the molecule is C=CCOCC(=O)O[C@H]1[C@@H](O)[C@H](n2cnc3c(N)ncnc32)O[C@@H]1COP(=O)(O)O[C@H]1C[C@H](n2ccc(N)nc2=O)O[C@@H]1COP(=O)(O)O. The summed E-state index contributed by atoms with van der Waals surface area (Å²) in [5.41, 5.74) is 10.9. The van der Waals surface area contributed by atoms with E-state index in [-0.39, 0.29) is 35.8 Å². The molecule has 8 atom stereocenters. The lowest BCUT2D eigenvalue weighted by molar-refractivity contribution is -0.161. The molecule has 0 saturated carbocycles. The second-order valence-electron chi connectivity index (χ2n) is 10.5. The smallest absolute Gasteiger partial charge is 0.455 e. The van der Waals surface area contributed by atoms with Crippen LogP contribution in [0.5, 0.6) is 0 Å². The first kappa shape index (κ1) is 36.6. The number of hydrogen-bond donors (Lipinski definition) is 6. The molecule has 5 heterocycles. The molecule has 2 aliphatic heterocycles. The van der Waals surface area contributed by atoms with Gasteiger partial charge in [-0.2, -0.15) is 4.98 Å². The number of rotatable bonds is 15. The average Bonchev–Trinajstić information content (AvgIpc) is 3.71. The summed E-state index contributed by atoms with van der Waals surface area (Å²) in [5.74, 6) is -0.966. The van der Waals surface area contributed by atoms with Crippen molar-refractivity contribution in [3.63, 3.8) is 0 Å². The first-order valence-electron chi connectivity index (χ1n) is 14.2. The molecule has 2 fully saturated rings. The molecule has 0 aliphatic carbocycles. The predicted molar refractivity (Wildman–Crippen MR) is 161 cm³/mol. The molecule has 0 radical (unpaired) electrons. The number of carbonyl (C=O) groups is 1. The lowest BCUT2D eigenvalue weighted by atomic mass is 10.1. The van der Waals surface area contributed by atoms with Crippen LogP contribution in [0.1, 0.15) is 18.9 Å². The molecule has 3 aromatic rings. The van der Waals surface area contributed by atoms with Gasteiger partial charge in [0, 0.05) is 12.6 Å². The van der Waals surface area contributed by atoms with E-state index in [1.54, 1.807) is 0 Å². The highest BCUT2D eigenvalue weighted by atomic mass is 31.2. The van der Waals surface area contributed by atoms with Crippen molar-refractivity contribution in [2.75, 3.05) is 37.9 Å². The van der Waals surface area contributed by atoms with E-state index in [0.717, 1.165) is 10.9 Å². The molecule has 49 heavy (non-hydrogen) atoms. The third-order valence-corrected chi connectivity index (χ3v) is 8.61. The van der Waals surface area contributed by atoms with Gasteiger partial charge in [-0.25, -0.2) is 33.7 Å². The standard InChI is InChI=1S/C24H32N8O15P2/c1-2-5-41-9-17(33)46-20-14(45-23(19(20)34)32-11-29-18-21(26)27-10-28-22(18)32)8-43-49(39,40)47-12-6-16(31-4-3-15(25)30-24(31)35)44-13(12)7-42-48(36,37)38/h2-4,10-14,16,19-20,23,34H,1,5-9H2,(H,39,40)(H2,25,30,35)(H2,26,27,28)(H2,36,37,38)/t12-,13+,14+,16+,19+,20+,23+/m0/s1. The number of hydrogen-bond acceptors (Lipinski definition) is 18. The number of nitrogens with two attached hydrogens (primary N) is 2. The molecule has 25 heteroatoms. The number of imidazole rings is 1. The monoisotopic (exact) mass is 734 g/mol. The zero-order valence-electron chi connectivity index (χ0n) is 25.2. The van der Waals surface area contributed by atoms with E-state index in [4.69, 9.17) is 39.5 Å². The molecule has 1 unspecified atom stereocenters. The second kappa shape index (κ2) is 15.0. The molecule has 2 saturated heterocycles. The number of carbonyl (C=O) groups excluding carboxylic acids is 1. The van der Waals surface area contributed by atoms with Gasteiger partial charge >= 0.3 is 27.3 Å². The van der Waals surface area contributed by atoms with Crippen molar-refractivity contribution in [1.29, 1.82) is 0 Å². The minimum absolute atomic E-state index is 0.0244. The van der Waals surface area contributed by atoms with Gasteiger partial charge in [-0.05, 0) is 6.07 Å². The highest BCUT2D eigenvalue weighted by Gasteiger charge is 2.49. The zero-order chi connectivity index (χ0) is 35.5. The van der Waals surface area contributed by atoms with E-state index in [9.17, 15) is 38.5 Å². The number of ether oxygens (including phenoxy) is 4. The van der Waals surface area contributed by atoms with Gasteiger partial charge in [0.25, 0.3) is 0 Å². The highest BCUT2D eigenvalue weighted by molar-refractivity contribution is 7.47. The quantitative estimate of drug-likeness (QED) is 0.0448. The van der Waals surface area contributed by atoms with Crippen molar-refractivity contribution < 1.29 is 66.2 Å². The van der Waals surface area contributed by atoms with Crippen LogP contribution in [-0.4, -0.2) is 112 Å². The molecule has 2 aliphatic rings. The molecule has 3 aromatic heterocycles. The summed E-state index contributed by atoms with van der Waals surface area (Å²) >= 11 is 0. The normalized spacial score (nSPS) is 26.9. The van der Waals surface area contributed by atoms with Crippen LogP contribution in [-0.2, 0) is 46.4 Å². The Labute approximate surface area is 275 Å². The molecule has 0 amide bonds. The topological polar surface area (TPSA) is 327 Å². The average molecular weight is 735 g/mol. The van der Waals surface area contributed by atoms with Gasteiger partial charge in [0.2, 0.25) is 0 Å². The Morgan fingerprint density at radius 3 is 2.57 bits per heavy atom. The highest BCUT2D eigenvalue weighted by Crippen LogP contribution is 2.50. The number of aromatic nitrogens is 6. The van der Waals surface area contributed by atoms with Crippen molar-refractivity contribution in [1.82, 2.24) is 29.1 Å². The number of anilines is 2. The molecular formula is C24H32N8O15P2. The minimum Gasteiger partial charge on any atom is -0.455 e. The Hall–Kier alpha value is -3.70. The molecule has 5 rings (SSSR count). The van der Waals surface area contributed by atoms with Crippen LogP contribution < -0.4 is 17.2 Å². The molecule has 0 aromatic carbocycles. The fraction of sp³-hybridized carbons (Fsp3) is 0.500. The van der Waals surface area contributed by atoms with Gasteiger partial charge in [0.1, 0.15) is 54.9 Å². The number of nitrogens with zero attached hydrogens (tertiary/aromatic N) is 6. The van der Waals surface area contributed by atoms with Crippen molar-refractivity contribution in [3.05, 3.63) is 48.1 Å². The van der Waals surface area contributed by atoms with Crippen LogP contribution in [0.3, 0.4) is 0 Å². The van der Waals surface area contributed by atoms with Crippen LogP contribution in [0.25, 0.3) is 11.2 Å². The maximum atomic E-state index is 13.2. The summed E-state index contributed by atoms with van der Waals surface area (Å²) in [4.78, 5) is 69.6. The van der Waals surface area contributed by atoms with E-state index >= 15 is 0 Å². The Morgan fingerprint density at radius 2 is 1.86 bits per heavy atom. The summed E-state index contributed by atoms with van der Waals surface area (Å²) in [7, 11) is -10.1. The van der Waals surface area contributed by atoms with E-state index in [1.807, 2.05) is 0 Å². The Kier molecular flexibility index (Phi) is 11.2. The lowest BCUT2D eigenvalue weighted by Gasteiger charge is -2.23. The van der Waals surface area contributed by atoms with Crippen LogP contribution >= 0.6 is 15.6 Å². The van der Waals surface area contributed by atoms with Gasteiger partial charge in [-0.15, -0.1) is 6.58 Å². The van der Waals surface area contributed by atoms with Crippen molar-refractivity contribution in [2.45, 2.75) is 49.4 Å². The molecular weight excluding hydrogens is 702 g/mol. The van der Waals surface area contributed by atoms with E-state index in [2.05, 4.69) is 31.0 Å². The van der Waals surface area contributed by atoms with Gasteiger partial charge in [-0.3, -0.25) is 22.7 Å². The second-order valence-corrected chi connectivity index (χ2v) is 13.1. The van der Waals surface area contributed by atoms with Crippen molar-refractivity contribution in [2.24, 2.45) is 0 Å². The molecule has 0 bridgehead atoms. The number of phosphoric acid groups is 2. The Bertz CT molecular complexity index is 1820. The molecule has 23 nitrogen and oxygen atoms in total. The Balaban J connectivity index is 1.32. The van der Waals surface area contributed by atoms with Crippen molar-refractivity contribution in [3.8, 4) is 0 Å². The minimum atomic E-state index is -5.11. The number of fused-ring (bicyclic) bond motifs is 1. The first-order valence-corrected chi connectivity index (χ1v) is 17.2. The molecule has 268 valence electrons. The summed E-state index contributed by atoms with van der Waals surface area (Å²) in [6, 6.07) is 1.28. The Morgan fingerprint density at radius 1 is 1.10 bits per heavy atom. The summed E-state index contributed by atoms with van der Waals surface area (Å²) < 4.78 is 63.8. The van der Waals surface area contributed by atoms with Crippen LogP contribution in [0.2, 0.25) is 0 Å².